The number of hydrogen-bond acceptors (Lipinski definition) is 6. The lowest BCUT2D eigenvalue weighted by atomic mass is 9.91. The zero-order valence-electron chi connectivity index (χ0n) is 18.6. The van der Waals surface area contributed by atoms with Crippen molar-refractivity contribution in [3.63, 3.8) is 0 Å². The van der Waals surface area contributed by atoms with E-state index in [0.717, 1.165) is 42.6 Å². The van der Waals surface area contributed by atoms with E-state index < -0.39 is 0 Å². The molecule has 3 aliphatic rings. The van der Waals surface area contributed by atoms with Crippen molar-refractivity contribution in [2.45, 2.75) is 57.9 Å². The van der Waals surface area contributed by atoms with E-state index in [1.165, 1.54) is 17.7 Å². The van der Waals surface area contributed by atoms with Crippen LogP contribution < -0.4 is 21.3 Å². The maximum Gasteiger partial charge on any atom is 0.254 e. The highest BCUT2D eigenvalue weighted by Gasteiger charge is 2.34. The highest BCUT2D eigenvalue weighted by atomic mass is 32.1. The monoisotopic (exact) mass is 484 g/mol. The molecule has 0 aliphatic heterocycles. The first-order valence-electron chi connectivity index (χ1n) is 11.6. The summed E-state index contributed by atoms with van der Waals surface area (Å²) in [6, 6.07) is 1.94. The van der Waals surface area contributed by atoms with Crippen molar-refractivity contribution in [3.8, 4) is 0 Å². The summed E-state index contributed by atoms with van der Waals surface area (Å²) in [5.74, 6) is 0.643. The molecule has 5 rings (SSSR count). The van der Waals surface area contributed by atoms with Crippen LogP contribution in [0.5, 0.6) is 0 Å². The fourth-order valence-electron chi connectivity index (χ4n) is 4.12. The van der Waals surface area contributed by atoms with Gasteiger partial charge in [0.15, 0.2) is 5.11 Å². The number of anilines is 2. The van der Waals surface area contributed by atoms with Gasteiger partial charge in [0, 0.05) is 23.4 Å². The number of thiocarbonyl (C=S) groups is 1. The van der Waals surface area contributed by atoms with Crippen LogP contribution in [0.15, 0.2) is 12.3 Å². The highest BCUT2D eigenvalue weighted by molar-refractivity contribution is 7.80. The number of aromatic nitrogens is 2. The zero-order chi connectivity index (χ0) is 22.9. The van der Waals surface area contributed by atoms with Crippen LogP contribution in [0, 0.1) is 18.8 Å². The van der Waals surface area contributed by atoms with Crippen molar-refractivity contribution in [2.24, 2.45) is 11.8 Å². The lowest BCUT2D eigenvalue weighted by Gasteiger charge is -2.25. The van der Waals surface area contributed by atoms with Crippen LogP contribution in [-0.4, -0.2) is 39.7 Å². The molecule has 0 aromatic carbocycles. The molecular weight excluding hydrogens is 456 g/mol. The minimum atomic E-state index is -0.0784. The molecule has 0 radical (unpaired) electrons. The van der Waals surface area contributed by atoms with Crippen LogP contribution in [0.2, 0.25) is 0 Å². The van der Waals surface area contributed by atoms with Gasteiger partial charge in [0.1, 0.15) is 5.00 Å². The van der Waals surface area contributed by atoms with Crippen LogP contribution in [0.4, 0.5) is 10.7 Å². The first-order chi connectivity index (χ1) is 16.0. The van der Waals surface area contributed by atoms with Gasteiger partial charge in [0.2, 0.25) is 5.91 Å². The van der Waals surface area contributed by atoms with Crippen LogP contribution in [0.3, 0.4) is 0 Å². The number of carbonyl (C=O) groups excluding carboxylic acids is 2. The number of thiophene rings is 1. The molecule has 2 aromatic heterocycles. The summed E-state index contributed by atoms with van der Waals surface area (Å²) in [5.41, 5.74) is 3.27. The Hall–Kier alpha value is -2.59. The molecule has 8 nitrogen and oxygen atoms in total. The summed E-state index contributed by atoms with van der Waals surface area (Å²) in [6.07, 6.45) is 8.28. The van der Waals surface area contributed by atoms with Crippen molar-refractivity contribution >= 4 is 51.2 Å². The second-order valence-electron chi connectivity index (χ2n) is 9.19. The second-order valence-corrected chi connectivity index (χ2v) is 10.7. The standard InChI is InChI=1S/C23H28N6O2S2/c1-12-17(8-9-25-29-12)27-23(32)26-15-6-7-18-16(10-15)19(21(31)24-11-13-2-3-13)22(33-18)28-20(30)14-4-5-14/h8-9,13-15H,2-7,10-11H2,1H3,(H,24,31)(H,28,30)(H2,25,26,27,32)/t15-/m0/s1. The largest absolute Gasteiger partial charge is 0.359 e. The van der Waals surface area contributed by atoms with Gasteiger partial charge in [0.25, 0.3) is 5.91 Å². The van der Waals surface area contributed by atoms with Gasteiger partial charge in [-0.3, -0.25) is 9.59 Å². The predicted octanol–water partition coefficient (Wildman–Crippen LogP) is 3.18. The summed E-state index contributed by atoms with van der Waals surface area (Å²) < 4.78 is 0. The predicted molar refractivity (Wildman–Crippen MR) is 133 cm³/mol. The summed E-state index contributed by atoms with van der Waals surface area (Å²) in [6.45, 7) is 2.58. The normalized spacial score (nSPS) is 19.4. The van der Waals surface area contributed by atoms with Gasteiger partial charge < -0.3 is 21.3 Å². The molecule has 174 valence electrons. The van der Waals surface area contributed by atoms with Crippen molar-refractivity contribution < 1.29 is 9.59 Å². The Morgan fingerprint density at radius 1 is 1.18 bits per heavy atom. The molecule has 2 heterocycles. The van der Waals surface area contributed by atoms with Crippen LogP contribution in [-0.2, 0) is 17.6 Å². The Labute approximate surface area is 202 Å². The minimum Gasteiger partial charge on any atom is -0.359 e. The Balaban J connectivity index is 1.31. The van der Waals surface area contributed by atoms with Crippen LogP contribution in [0.1, 0.15) is 58.6 Å². The maximum atomic E-state index is 13.2. The van der Waals surface area contributed by atoms with Gasteiger partial charge in [-0.2, -0.15) is 10.2 Å². The Kier molecular flexibility index (Phi) is 6.29. The molecule has 3 aliphatic carbocycles. The first-order valence-corrected chi connectivity index (χ1v) is 12.8. The van der Waals surface area contributed by atoms with Crippen LogP contribution in [0.25, 0.3) is 0 Å². The van der Waals surface area contributed by atoms with Gasteiger partial charge in [0.05, 0.1) is 23.1 Å². The number of carbonyl (C=O) groups is 2. The molecule has 1 atom stereocenters. The Morgan fingerprint density at radius 2 is 2.00 bits per heavy atom. The van der Waals surface area contributed by atoms with Gasteiger partial charge in [-0.25, -0.2) is 0 Å². The average molecular weight is 485 g/mol. The van der Waals surface area contributed by atoms with Crippen molar-refractivity contribution in [1.82, 2.24) is 20.8 Å². The quantitative estimate of drug-likeness (QED) is 0.447. The number of rotatable bonds is 7. The molecule has 2 aromatic rings. The maximum absolute atomic E-state index is 13.2. The molecule has 0 unspecified atom stereocenters. The van der Waals surface area contributed by atoms with Crippen molar-refractivity contribution in [1.29, 1.82) is 0 Å². The third kappa shape index (κ3) is 5.33. The SMILES string of the molecule is Cc1nnccc1NC(=S)N[C@H]1CCc2sc(NC(=O)C3CC3)c(C(=O)NCC3CC3)c2C1. The van der Waals surface area contributed by atoms with E-state index in [0.29, 0.717) is 34.6 Å². The first kappa shape index (κ1) is 22.2. The minimum absolute atomic E-state index is 0.0335. The van der Waals surface area contributed by atoms with E-state index in [9.17, 15) is 9.59 Å². The lowest BCUT2D eigenvalue weighted by molar-refractivity contribution is -0.117. The molecule has 2 saturated carbocycles. The third-order valence-corrected chi connectivity index (χ3v) is 7.84. The lowest BCUT2D eigenvalue weighted by Crippen LogP contribution is -2.41. The molecule has 2 amide bonds. The molecule has 0 spiro atoms. The van der Waals surface area contributed by atoms with Gasteiger partial charge in [-0.1, -0.05) is 0 Å². The van der Waals surface area contributed by atoms with Gasteiger partial charge in [-0.05, 0) is 81.6 Å². The van der Waals surface area contributed by atoms with Crippen molar-refractivity contribution in [2.75, 3.05) is 17.2 Å². The van der Waals surface area contributed by atoms with Crippen LogP contribution >= 0.6 is 23.6 Å². The zero-order valence-corrected chi connectivity index (χ0v) is 20.2. The smallest absolute Gasteiger partial charge is 0.254 e. The third-order valence-electron chi connectivity index (χ3n) is 6.41. The molecule has 33 heavy (non-hydrogen) atoms. The summed E-state index contributed by atoms with van der Waals surface area (Å²) in [7, 11) is 0. The second kappa shape index (κ2) is 9.34. The van der Waals surface area contributed by atoms with Gasteiger partial charge in [-0.15, -0.1) is 11.3 Å². The number of hydrogen-bond donors (Lipinski definition) is 4. The van der Waals surface area contributed by atoms with E-state index in [4.69, 9.17) is 12.2 Å². The average Bonchev–Trinajstić information content (AvgIpc) is 3.70. The van der Waals surface area contributed by atoms with Gasteiger partial charge >= 0.3 is 0 Å². The summed E-state index contributed by atoms with van der Waals surface area (Å²) >= 11 is 7.09. The molecule has 4 N–H and O–H groups in total. The Bertz CT molecular complexity index is 1090. The number of nitrogens with one attached hydrogen (secondary N) is 4. The topological polar surface area (TPSA) is 108 Å². The summed E-state index contributed by atoms with van der Waals surface area (Å²) in [4.78, 5) is 26.8. The number of nitrogens with zero attached hydrogens (tertiary/aromatic N) is 2. The molecule has 0 saturated heterocycles. The molecular formula is C23H28N6O2S2. The van der Waals surface area contributed by atoms with Crippen molar-refractivity contribution in [3.05, 3.63) is 34.0 Å². The van der Waals surface area contributed by atoms with E-state index in [-0.39, 0.29) is 23.8 Å². The summed E-state index contributed by atoms with van der Waals surface area (Å²) in [5, 5.41) is 21.9. The Morgan fingerprint density at radius 3 is 2.73 bits per heavy atom. The number of fused-ring (bicyclic) bond motifs is 1. The molecule has 2 fully saturated rings. The fraction of sp³-hybridized carbons (Fsp3) is 0.522. The van der Waals surface area contributed by atoms with E-state index in [1.54, 1.807) is 17.5 Å². The van der Waals surface area contributed by atoms with E-state index in [2.05, 4.69) is 31.5 Å². The fourth-order valence-corrected chi connectivity index (χ4v) is 5.64. The highest BCUT2D eigenvalue weighted by Crippen LogP contribution is 2.40. The van der Waals surface area contributed by atoms with E-state index in [1.807, 2.05) is 13.0 Å². The molecule has 0 bridgehead atoms. The number of amides is 2. The number of aryl methyl sites for hydroxylation is 2. The molecule has 10 heteroatoms. The van der Waals surface area contributed by atoms with E-state index >= 15 is 0 Å².